The normalized spacial score (nSPS) is 11.0. The summed E-state index contributed by atoms with van der Waals surface area (Å²) in [4.78, 5) is 14.4. The van der Waals surface area contributed by atoms with E-state index in [4.69, 9.17) is 5.73 Å². The Labute approximate surface area is 153 Å². The topological polar surface area (TPSA) is 58.4 Å². The van der Waals surface area contributed by atoms with Crippen LogP contribution in [0.15, 0.2) is 24.3 Å². The molecule has 0 saturated heterocycles. The Morgan fingerprint density at radius 3 is 2.13 bits per heavy atom. The Kier molecular flexibility index (Phi) is 11.6. The van der Waals surface area contributed by atoms with E-state index in [0.717, 1.165) is 13.1 Å². The first-order valence-electron chi connectivity index (χ1n) is 7.63. The maximum absolute atomic E-state index is 12.0. The molecular weight excluding hydrogens is 333 g/mol. The van der Waals surface area contributed by atoms with E-state index >= 15 is 0 Å². The van der Waals surface area contributed by atoms with Gasteiger partial charge in [0, 0.05) is 30.2 Å². The van der Waals surface area contributed by atoms with Gasteiger partial charge in [-0.05, 0) is 51.9 Å². The molecule has 0 fully saturated rings. The molecule has 0 spiro atoms. The largest absolute Gasteiger partial charge is 0.350 e. The van der Waals surface area contributed by atoms with Crippen molar-refractivity contribution in [1.82, 2.24) is 10.2 Å². The Bertz CT molecular complexity index is 456. The first kappa shape index (κ1) is 24.4. The van der Waals surface area contributed by atoms with Crippen LogP contribution in [0, 0.1) is 0 Å². The van der Waals surface area contributed by atoms with Crippen LogP contribution in [0.2, 0.25) is 0 Å². The lowest BCUT2D eigenvalue weighted by molar-refractivity contribution is 0.0946. The molecule has 3 N–H and O–H groups in total. The summed E-state index contributed by atoms with van der Waals surface area (Å²) < 4.78 is 0. The van der Waals surface area contributed by atoms with Crippen molar-refractivity contribution in [1.29, 1.82) is 0 Å². The molecule has 0 radical (unpaired) electrons. The third kappa shape index (κ3) is 9.16. The van der Waals surface area contributed by atoms with Gasteiger partial charge >= 0.3 is 0 Å². The van der Waals surface area contributed by atoms with E-state index in [2.05, 4.69) is 31.0 Å². The van der Waals surface area contributed by atoms with Gasteiger partial charge in [-0.3, -0.25) is 9.69 Å². The van der Waals surface area contributed by atoms with Gasteiger partial charge in [0.25, 0.3) is 5.91 Å². The molecule has 0 heterocycles. The van der Waals surface area contributed by atoms with Crippen molar-refractivity contribution >= 4 is 30.7 Å². The second-order valence-corrected chi connectivity index (χ2v) is 6.53. The summed E-state index contributed by atoms with van der Waals surface area (Å²) in [6, 6.07) is 8.32. The summed E-state index contributed by atoms with van der Waals surface area (Å²) in [5, 5.41) is 2.85. The van der Waals surface area contributed by atoms with Gasteiger partial charge in [0.2, 0.25) is 0 Å². The fourth-order valence-corrected chi connectivity index (χ4v) is 2.07. The average molecular weight is 364 g/mol. The molecule has 4 nitrogen and oxygen atoms in total. The molecule has 0 aromatic heterocycles. The highest BCUT2D eigenvalue weighted by Gasteiger charge is 2.13. The van der Waals surface area contributed by atoms with Gasteiger partial charge in [0.1, 0.15) is 0 Å². The molecular formula is C17H31Cl2N3O. The van der Waals surface area contributed by atoms with Crippen LogP contribution in [0.1, 0.15) is 50.5 Å². The van der Waals surface area contributed by atoms with Gasteiger partial charge in [0.05, 0.1) is 0 Å². The Morgan fingerprint density at radius 2 is 1.74 bits per heavy atom. The summed E-state index contributed by atoms with van der Waals surface area (Å²) in [5.41, 5.74) is 7.37. The van der Waals surface area contributed by atoms with E-state index in [-0.39, 0.29) is 30.7 Å². The highest BCUT2D eigenvalue weighted by molar-refractivity contribution is 5.94. The number of benzene rings is 1. The first-order valence-corrected chi connectivity index (χ1v) is 7.63. The zero-order chi connectivity index (χ0) is 16.0. The summed E-state index contributed by atoms with van der Waals surface area (Å²) in [6.07, 6.45) is 0. The third-order valence-electron chi connectivity index (χ3n) is 3.44. The summed E-state index contributed by atoms with van der Waals surface area (Å²) in [5.74, 6) is -0.0729. The fourth-order valence-electron chi connectivity index (χ4n) is 2.07. The highest BCUT2D eigenvalue weighted by Crippen LogP contribution is 2.10. The number of carbonyl (C=O) groups is 1. The molecule has 0 atom stereocenters. The molecule has 6 heteroatoms. The standard InChI is InChI=1S/C17H29N3O.2ClH/c1-6-20(13(2)3)11-14-7-9-15(10-8-14)16(21)19-12-17(4,5)18;;/h7-10,13H,6,11-12,18H2,1-5H3,(H,19,21);2*1H. The minimum absolute atomic E-state index is 0. The quantitative estimate of drug-likeness (QED) is 0.781. The zero-order valence-corrected chi connectivity index (χ0v) is 16.4. The predicted molar refractivity (Wildman–Crippen MR) is 103 cm³/mol. The second-order valence-electron chi connectivity index (χ2n) is 6.53. The van der Waals surface area contributed by atoms with Crippen molar-refractivity contribution in [3.05, 3.63) is 35.4 Å². The molecule has 0 bridgehead atoms. The van der Waals surface area contributed by atoms with E-state index in [1.54, 1.807) is 0 Å². The minimum Gasteiger partial charge on any atom is -0.350 e. The molecule has 0 aliphatic rings. The van der Waals surface area contributed by atoms with Gasteiger partial charge in [-0.2, -0.15) is 0 Å². The average Bonchev–Trinajstić information content (AvgIpc) is 2.41. The van der Waals surface area contributed by atoms with E-state index in [9.17, 15) is 4.79 Å². The van der Waals surface area contributed by atoms with E-state index < -0.39 is 5.54 Å². The molecule has 1 aromatic carbocycles. The number of nitrogens with one attached hydrogen (secondary N) is 1. The van der Waals surface area contributed by atoms with Gasteiger partial charge in [-0.15, -0.1) is 24.8 Å². The van der Waals surface area contributed by atoms with Crippen LogP contribution in [0.3, 0.4) is 0 Å². The summed E-state index contributed by atoms with van der Waals surface area (Å²) in [6.45, 7) is 12.7. The molecule has 1 aromatic rings. The molecule has 0 aliphatic carbocycles. The first-order chi connectivity index (χ1) is 9.73. The SMILES string of the molecule is CCN(Cc1ccc(C(=O)NCC(C)(C)N)cc1)C(C)C.Cl.Cl. The monoisotopic (exact) mass is 363 g/mol. The van der Waals surface area contributed by atoms with E-state index in [1.165, 1.54) is 5.56 Å². The molecule has 0 aliphatic heterocycles. The van der Waals surface area contributed by atoms with Crippen LogP contribution in [0.25, 0.3) is 0 Å². The Morgan fingerprint density at radius 1 is 1.22 bits per heavy atom. The Balaban J connectivity index is 0. The van der Waals surface area contributed by atoms with E-state index in [0.29, 0.717) is 18.2 Å². The fraction of sp³-hybridized carbons (Fsp3) is 0.588. The van der Waals surface area contributed by atoms with Crippen molar-refractivity contribution in [2.75, 3.05) is 13.1 Å². The molecule has 0 saturated carbocycles. The van der Waals surface area contributed by atoms with Crippen LogP contribution in [0.4, 0.5) is 0 Å². The number of hydrogen-bond acceptors (Lipinski definition) is 3. The van der Waals surface area contributed by atoms with Crippen molar-refractivity contribution in [2.24, 2.45) is 5.73 Å². The van der Waals surface area contributed by atoms with Gasteiger partial charge in [-0.25, -0.2) is 0 Å². The number of amides is 1. The summed E-state index contributed by atoms with van der Waals surface area (Å²) in [7, 11) is 0. The van der Waals surface area contributed by atoms with Crippen molar-refractivity contribution in [2.45, 2.75) is 52.7 Å². The zero-order valence-electron chi connectivity index (χ0n) is 14.8. The van der Waals surface area contributed by atoms with E-state index in [1.807, 2.05) is 38.1 Å². The molecule has 1 amide bonds. The second kappa shape index (κ2) is 10.9. The van der Waals surface area contributed by atoms with Crippen LogP contribution in [-0.4, -0.2) is 35.5 Å². The van der Waals surface area contributed by atoms with Crippen molar-refractivity contribution in [3.63, 3.8) is 0 Å². The van der Waals surface area contributed by atoms with Crippen molar-refractivity contribution < 1.29 is 4.79 Å². The smallest absolute Gasteiger partial charge is 0.251 e. The molecule has 0 unspecified atom stereocenters. The maximum Gasteiger partial charge on any atom is 0.251 e. The number of nitrogens with zero attached hydrogens (tertiary/aromatic N) is 1. The molecule has 1 rings (SSSR count). The lowest BCUT2D eigenvalue weighted by Crippen LogP contribution is -2.45. The van der Waals surface area contributed by atoms with Gasteiger partial charge in [-0.1, -0.05) is 19.1 Å². The van der Waals surface area contributed by atoms with Crippen LogP contribution in [-0.2, 0) is 6.54 Å². The number of carbonyl (C=O) groups excluding carboxylic acids is 1. The number of halogens is 2. The minimum atomic E-state index is -0.394. The lowest BCUT2D eigenvalue weighted by Gasteiger charge is -2.24. The number of nitrogens with two attached hydrogens (primary N) is 1. The van der Waals surface area contributed by atoms with Crippen LogP contribution in [0.5, 0.6) is 0 Å². The van der Waals surface area contributed by atoms with Gasteiger partial charge in [0.15, 0.2) is 0 Å². The van der Waals surface area contributed by atoms with Crippen LogP contribution >= 0.6 is 24.8 Å². The predicted octanol–water partition coefficient (Wildman–Crippen LogP) is 3.23. The number of rotatable bonds is 7. The third-order valence-corrected chi connectivity index (χ3v) is 3.44. The lowest BCUT2D eigenvalue weighted by atomic mass is 10.1. The molecule has 23 heavy (non-hydrogen) atoms. The molecule has 134 valence electrons. The number of hydrogen-bond donors (Lipinski definition) is 2. The summed E-state index contributed by atoms with van der Waals surface area (Å²) >= 11 is 0. The Hall–Kier alpha value is -0.810. The van der Waals surface area contributed by atoms with Gasteiger partial charge < -0.3 is 11.1 Å². The van der Waals surface area contributed by atoms with Crippen LogP contribution < -0.4 is 11.1 Å². The maximum atomic E-state index is 12.0. The van der Waals surface area contributed by atoms with Crippen molar-refractivity contribution in [3.8, 4) is 0 Å². The highest BCUT2D eigenvalue weighted by atomic mass is 35.5.